The number of benzene rings is 1. The first-order chi connectivity index (χ1) is 10.5. The van der Waals surface area contributed by atoms with Crippen molar-refractivity contribution in [3.05, 3.63) is 29.3 Å². The maximum atomic E-state index is 12.6. The van der Waals surface area contributed by atoms with Crippen LogP contribution in [0.2, 0.25) is 0 Å². The molecule has 124 valence electrons. The van der Waals surface area contributed by atoms with Gasteiger partial charge >= 0.3 is 0 Å². The van der Waals surface area contributed by atoms with Gasteiger partial charge in [0.15, 0.2) is 0 Å². The molecule has 2 rings (SSSR count). The van der Waals surface area contributed by atoms with E-state index in [2.05, 4.69) is 18.7 Å². The number of methoxy groups -OCH3 is 1. The number of amides is 1. The Bertz CT molecular complexity index is 478. The van der Waals surface area contributed by atoms with E-state index in [1.54, 1.807) is 7.11 Å². The average molecular weight is 306 g/mol. The van der Waals surface area contributed by atoms with Gasteiger partial charge in [-0.1, -0.05) is 19.9 Å². The van der Waals surface area contributed by atoms with Gasteiger partial charge in [0.25, 0.3) is 5.91 Å². The van der Waals surface area contributed by atoms with Crippen molar-refractivity contribution < 1.29 is 9.53 Å². The highest BCUT2D eigenvalue weighted by Gasteiger charge is 2.25. The first kappa shape index (κ1) is 18.5. The quantitative estimate of drug-likeness (QED) is 0.860. The Morgan fingerprint density at radius 2 is 1.73 bits per heavy atom. The van der Waals surface area contributed by atoms with Crippen molar-refractivity contribution in [2.24, 2.45) is 0 Å². The van der Waals surface area contributed by atoms with E-state index in [1.165, 1.54) is 0 Å². The van der Waals surface area contributed by atoms with Gasteiger partial charge in [0.1, 0.15) is 5.75 Å². The molecule has 0 unspecified atom stereocenters. The summed E-state index contributed by atoms with van der Waals surface area (Å²) in [4.78, 5) is 16.9. The van der Waals surface area contributed by atoms with Crippen LogP contribution in [-0.4, -0.2) is 55.0 Å². The number of hydrogen-bond donors (Lipinski definition) is 0. The Morgan fingerprint density at radius 1 is 1.14 bits per heavy atom. The molecule has 4 heteroatoms. The highest BCUT2D eigenvalue weighted by molar-refractivity contribution is 5.97. The number of carbonyl (C=O) groups is 1. The zero-order valence-corrected chi connectivity index (χ0v) is 14.8. The lowest BCUT2D eigenvalue weighted by molar-refractivity contribution is 0.0592. The van der Waals surface area contributed by atoms with Crippen LogP contribution in [0.3, 0.4) is 0 Å². The van der Waals surface area contributed by atoms with Crippen LogP contribution in [0, 0.1) is 6.92 Å². The summed E-state index contributed by atoms with van der Waals surface area (Å²) in [6, 6.07) is 6.28. The molecular weight excluding hydrogens is 276 g/mol. The van der Waals surface area contributed by atoms with Gasteiger partial charge in [-0.15, -0.1) is 0 Å². The van der Waals surface area contributed by atoms with Crippen molar-refractivity contribution in [3.8, 4) is 5.75 Å². The van der Waals surface area contributed by atoms with Crippen LogP contribution < -0.4 is 4.74 Å². The molecule has 1 saturated heterocycles. The van der Waals surface area contributed by atoms with Crippen LogP contribution in [0.25, 0.3) is 0 Å². The molecule has 22 heavy (non-hydrogen) atoms. The van der Waals surface area contributed by atoms with Crippen LogP contribution in [0.4, 0.5) is 0 Å². The van der Waals surface area contributed by atoms with Gasteiger partial charge in [-0.05, 0) is 38.5 Å². The lowest BCUT2D eigenvalue weighted by Gasteiger charge is -2.37. The first-order valence-corrected chi connectivity index (χ1v) is 8.21. The van der Waals surface area contributed by atoms with Crippen LogP contribution in [-0.2, 0) is 0 Å². The van der Waals surface area contributed by atoms with Gasteiger partial charge in [-0.2, -0.15) is 0 Å². The molecule has 1 aromatic rings. The topological polar surface area (TPSA) is 32.8 Å². The number of piperazine rings is 1. The molecule has 1 heterocycles. The highest BCUT2D eigenvalue weighted by Crippen LogP contribution is 2.22. The summed E-state index contributed by atoms with van der Waals surface area (Å²) < 4.78 is 5.34. The Labute approximate surface area is 135 Å². The number of carbonyl (C=O) groups excluding carboxylic acids is 1. The summed E-state index contributed by atoms with van der Waals surface area (Å²) in [5.41, 5.74) is 1.76. The van der Waals surface area contributed by atoms with E-state index in [4.69, 9.17) is 4.74 Å². The van der Waals surface area contributed by atoms with Crippen molar-refractivity contribution in [3.63, 3.8) is 0 Å². The maximum Gasteiger partial charge on any atom is 0.257 e. The van der Waals surface area contributed by atoms with Gasteiger partial charge in [-0.25, -0.2) is 0 Å². The third kappa shape index (κ3) is 4.47. The monoisotopic (exact) mass is 306 g/mol. The molecule has 1 fully saturated rings. The fraction of sp³-hybridized carbons (Fsp3) is 0.611. The predicted octanol–water partition coefficient (Wildman–Crippen LogP) is 3.20. The molecule has 1 aromatic carbocycles. The van der Waals surface area contributed by atoms with E-state index in [-0.39, 0.29) is 5.91 Å². The largest absolute Gasteiger partial charge is 0.496 e. The average Bonchev–Trinajstić information content (AvgIpc) is 2.56. The Morgan fingerprint density at radius 3 is 2.23 bits per heavy atom. The van der Waals surface area contributed by atoms with Crippen LogP contribution >= 0.6 is 0 Å². The number of ether oxygens (including phenoxy) is 1. The molecule has 4 nitrogen and oxygen atoms in total. The van der Waals surface area contributed by atoms with Gasteiger partial charge in [0.05, 0.1) is 12.7 Å². The lowest BCUT2D eigenvalue weighted by Crippen LogP contribution is -2.50. The van der Waals surface area contributed by atoms with Crippen LogP contribution in [0.5, 0.6) is 5.75 Å². The normalized spacial score (nSPS) is 15.3. The zero-order chi connectivity index (χ0) is 16.7. The summed E-state index contributed by atoms with van der Waals surface area (Å²) in [7, 11) is 1.61. The van der Waals surface area contributed by atoms with E-state index in [0.29, 0.717) is 17.4 Å². The number of rotatable bonds is 3. The molecule has 0 atom stereocenters. The molecule has 0 aromatic heterocycles. The van der Waals surface area contributed by atoms with Gasteiger partial charge in [0, 0.05) is 32.2 Å². The second kappa shape index (κ2) is 8.79. The minimum absolute atomic E-state index is 0.0743. The van der Waals surface area contributed by atoms with Crippen LogP contribution in [0.15, 0.2) is 18.2 Å². The van der Waals surface area contributed by atoms with Crippen molar-refractivity contribution in [1.29, 1.82) is 0 Å². The lowest BCUT2D eigenvalue weighted by atomic mass is 10.1. The summed E-state index contributed by atoms with van der Waals surface area (Å²) in [6.07, 6.45) is 0. The van der Waals surface area contributed by atoms with E-state index in [1.807, 2.05) is 43.9 Å². The molecule has 1 aliphatic heterocycles. The van der Waals surface area contributed by atoms with E-state index in [9.17, 15) is 4.79 Å². The molecule has 1 amide bonds. The summed E-state index contributed by atoms with van der Waals surface area (Å²) in [6.45, 7) is 13.8. The summed E-state index contributed by atoms with van der Waals surface area (Å²) in [5, 5.41) is 0. The third-order valence-electron chi connectivity index (χ3n) is 3.92. The predicted molar refractivity (Wildman–Crippen MR) is 91.7 cm³/mol. The number of hydrogen-bond acceptors (Lipinski definition) is 3. The molecule has 1 aliphatic rings. The van der Waals surface area contributed by atoms with Crippen LogP contribution in [0.1, 0.15) is 43.6 Å². The first-order valence-electron chi connectivity index (χ1n) is 8.21. The number of nitrogens with zero attached hydrogens (tertiary/aromatic N) is 2. The third-order valence-corrected chi connectivity index (χ3v) is 3.92. The minimum atomic E-state index is 0.0743. The molecule has 0 aliphatic carbocycles. The second-order valence-electron chi connectivity index (χ2n) is 5.63. The fourth-order valence-electron chi connectivity index (χ4n) is 2.59. The number of aryl methyl sites for hydroxylation is 1. The minimum Gasteiger partial charge on any atom is -0.496 e. The smallest absolute Gasteiger partial charge is 0.257 e. The summed E-state index contributed by atoms with van der Waals surface area (Å²) >= 11 is 0. The van der Waals surface area contributed by atoms with Gasteiger partial charge in [0.2, 0.25) is 0 Å². The van der Waals surface area contributed by atoms with Crippen molar-refractivity contribution in [2.75, 3.05) is 33.3 Å². The van der Waals surface area contributed by atoms with Crippen molar-refractivity contribution in [1.82, 2.24) is 9.80 Å². The van der Waals surface area contributed by atoms with E-state index < -0.39 is 0 Å². The fourth-order valence-corrected chi connectivity index (χ4v) is 2.59. The van der Waals surface area contributed by atoms with Crippen molar-refractivity contribution in [2.45, 2.75) is 40.7 Å². The Balaban J connectivity index is 0.00000116. The zero-order valence-electron chi connectivity index (χ0n) is 14.8. The molecule has 0 N–H and O–H groups in total. The van der Waals surface area contributed by atoms with E-state index in [0.717, 1.165) is 31.7 Å². The highest BCUT2D eigenvalue weighted by atomic mass is 16.5. The molecule has 0 radical (unpaired) electrons. The molecule has 0 spiro atoms. The molecule has 0 saturated carbocycles. The summed E-state index contributed by atoms with van der Waals surface area (Å²) in [5.74, 6) is 0.742. The standard InChI is InChI=1S/C16H24N2O2.C2H6/c1-12(2)17-7-9-18(10-8-17)16(19)14-6-5-13(3)11-15(14)20-4;1-2/h5-6,11-12H,7-10H2,1-4H3;1-2H3. The van der Waals surface area contributed by atoms with Gasteiger partial charge < -0.3 is 9.64 Å². The Kier molecular flexibility index (Phi) is 7.39. The maximum absolute atomic E-state index is 12.6. The molecule has 0 bridgehead atoms. The second-order valence-corrected chi connectivity index (χ2v) is 5.63. The molecular formula is C18H30N2O2. The van der Waals surface area contributed by atoms with E-state index >= 15 is 0 Å². The van der Waals surface area contributed by atoms with Crippen molar-refractivity contribution >= 4 is 5.91 Å². The van der Waals surface area contributed by atoms with Gasteiger partial charge in [-0.3, -0.25) is 9.69 Å². The Hall–Kier alpha value is -1.55. The SMILES string of the molecule is CC.COc1cc(C)ccc1C(=O)N1CCN(C(C)C)CC1.